The number of nitrogens with zero attached hydrogens (tertiary/aromatic N) is 2. The molecule has 1 aliphatic rings. The zero-order chi connectivity index (χ0) is 15.5. The largest absolute Gasteiger partial charge is 0.329 e. The lowest BCUT2D eigenvalue weighted by Crippen LogP contribution is -2.63. The van der Waals surface area contributed by atoms with Crippen molar-refractivity contribution >= 4 is 0 Å². The van der Waals surface area contributed by atoms with Gasteiger partial charge in [-0.1, -0.05) is 39.7 Å². The first kappa shape index (κ1) is 16.4. The summed E-state index contributed by atoms with van der Waals surface area (Å²) in [6.45, 7) is 11.8. The molecule has 118 valence electrons. The number of rotatable bonds is 5. The van der Waals surface area contributed by atoms with E-state index in [1.807, 2.05) is 0 Å². The van der Waals surface area contributed by atoms with Crippen LogP contribution in [0.3, 0.4) is 0 Å². The summed E-state index contributed by atoms with van der Waals surface area (Å²) in [6.07, 6.45) is 5.09. The Hall–Kier alpha value is -0.930. The standard InChI is InChI=1S/C18H31N3/c1-5-21(13-16-10-8-9-15(2)20-16)18(14-19)12-7-6-11-17(18,3)4/h8-10H,5-7,11-14,19H2,1-4H3. The van der Waals surface area contributed by atoms with Crippen LogP contribution in [0.4, 0.5) is 0 Å². The van der Waals surface area contributed by atoms with Crippen LogP contribution < -0.4 is 5.73 Å². The fourth-order valence-corrected chi connectivity index (χ4v) is 4.10. The van der Waals surface area contributed by atoms with Gasteiger partial charge in [-0.2, -0.15) is 0 Å². The van der Waals surface area contributed by atoms with E-state index in [-0.39, 0.29) is 11.0 Å². The summed E-state index contributed by atoms with van der Waals surface area (Å²) < 4.78 is 0. The van der Waals surface area contributed by atoms with E-state index >= 15 is 0 Å². The van der Waals surface area contributed by atoms with Crippen LogP contribution in [0.1, 0.15) is 57.8 Å². The summed E-state index contributed by atoms with van der Waals surface area (Å²) in [5, 5.41) is 0. The molecule has 0 aromatic carbocycles. The summed E-state index contributed by atoms with van der Waals surface area (Å²) in [6, 6.07) is 6.30. The molecule has 3 nitrogen and oxygen atoms in total. The maximum absolute atomic E-state index is 6.31. The highest BCUT2D eigenvalue weighted by atomic mass is 15.2. The molecule has 1 aliphatic carbocycles. The first-order chi connectivity index (χ1) is 9.95. The minimum absolute atomic E-state index is 0.103. The minimum Gasteiger partial charge on any atom is -0.329 e. The second-order valence-electron chi connectivity index (χ2n) is 7.11. The first-order valence-corrected chi connectivity index (χ1v) is 8.33. The van der Waals surface area contributed by atoms with Gasteiger partial charge < -0.3 is 5.73 Å². The van der Waals surface area contributed by atoms with E-state index in [2.05, 4.69) is 55.8 Å². The molecule has 0 saturated heterocycles. The van der Waals surface area contributed by atoms with Gasteiger partial charge in [-0.05, 0) is 43.9 Å². The molecule has 0 aliphatic heterocycles. The third kappa shape index (κ3) is 3.14. The molecule has 1 unspecified atom stereocenters. The second kappa shape index (κ2) is 6.45. The van der Waals surface area contributed by atoms with Crippen molar-refractivity contribution in [2.24, 2.45) is 11.1 Å². The molecule has 0 spiro atoms. The van der Waals surface area contributed by atoms with Crippen LogP contribution in [0.15, 0.2) is 18.2 Å². The number of pyridine rings is 1. The Kier molecular flexibility index (Phi) is 5.05. The zero-order valence-corrected chi connectivity index (χ0v) is 14.2. The highest BCUT2D eigenvalue weighted by Gasteiger charge is 2.49. The van der Waals surface area contributed by atoms with Gasteiger partial charge in [-0.3, -0.25) is 9.88 Å². The van der Waals surface area contributed by atoms with Crippen molar-refractivity contribution in [3.05, 3.63) is 29.6 Å². The molecule has 1 fully saturated rings. The topological polar surface area (TPSA) is 42.2 Å². The lowest BCUT2D eigenvalue weighted by Gasteiger charge is -2.56. The summed E-state index contributed by atoms with van der Waals surface area (Å²) in [5.41, 5.74) is 8.93. The average molecular weight is 289 g/mol. The lowest BCUT2D eigenvalue weighted by atomic mass is 9.62. The molecule has 1 aromatic rings. The monoisotopic (exact) mass is 289 g/mol. The molecule has 1 saturated carbocycles. The summed E-state index contributed by atoms with van der Waals surface area (Å²) >= 11 is 0. The SMILES string of the molecule is CCN(Cc1cccc(C)n1)C1(CN)CCCCC1(C)C. The molecule has 2 rings (SSSR count). The molecule has 2 N–H and O–H groups in total. The Balaban J connectivity index is 2.29. The summed E-state index contributed by atoms with van der Waals surface area (Å²) in [5.74, 6) is 0. The van der Waals surface area contributed by atoms with Gasteiger partial charge in [0.05, 0.1) is 5.69 Å². The van der Waals surface area contributed by atoms with Crippen molar-refractivity contribution in [3.63, 3.8) is 0 Å². The van der Waals surface area contributed by atoms with E-state index in [0.29, 0.717) is 0 Å². The van der Waals surface area contributed by atoms with Gasteiger partial charge in [0.15, 0.2) is 0 Å². The summed E-state index contributed by atoms with van der Waals surface area (Å²) in [4.78, 5) is 7.26. The molecule has 0 amide bonds. The highest BCUT2D eigenvalue weighted by Crippen LogP contribution is 2.47. The Bertz CT molecular complexity index is 469. The number of aromatic nitrogens is 1. The van der Waals surface area contributed by atoms with Crippen molar-refractivity contribution < 1.29 is 0 Å². The predicted octanol–water partition coefficient (Wildman–Crippen LogP) is 3.51. The van der Waals surface area contributed by atoms with Crippen LogP contribution >= 0.6 is 0 Å². The average Bonchev–Trinajstić information content (AvgIpc) is 2.45. The van der Waals surface area contributed by atoms with Crippen LogP contribution in [-0.2, 0) is 6.54 Å². The van der Waals surface area contributed by atoms with Crippen molar-refractivity contribution in [2.45, 2.75) is 65.5 Å². The van der Waals surface area contributed by atoms with Gasteiger partial charge in [-0.15, -0.1) is 0 Å². The predicted molar refractivity (Wildman–Crippen MR) is 89.1 cm³/mol. The van der Waals surface area contributed by atoms with E-state index in [9.17, 15) is 0 Å². The van der Waals surface area contributed by atoms with E-state index in [0.717, 1.165) is 31.0 Å². The summed E-state index contributed by atoms with van der Waals surface area (Å²) in [7, 11) is 0. The number of nitrogens with two attached hydrogens (primary N) is 1. The Labute approximate surface area is 129 Å². The first-order valence-electron chi connectivity index (χ1n) is 8.33. The van der Waals surface area contributed by atoms with Crippen molar-refractivity contribution in [2.75, 3.05) is 13.1 Å². The fourth-order valence-electron chi connectivity index (χ4n) is 4.10. The van der Waals surface area contributed by atoms with Gasteiger partial charge in [0.25, 0.3) is 0 Å². The van der Waals surface area contributed by atoms with Crippen molar-refractivity contribution in [3.8, 4) is 0 Å². The Morgan fingerprint density at radius 1 is 1.24 bits per heavy atom. The molecule has 1 heterocycles. The van der Waals surface area contributed by atoms with Crippen LogP contribution in [0.25, 0.3) is 0 Å². The van der Waals surface area contributed by atoms with Crippen molar-refractivity contribution in [1.29, 1.82) is 0 Å². The quantitative estimate of drug-likeness (QED) is 0.902. The molecule has 1 aromatic heterocycles. The van der Waals surface area contributed by atoms with Gasteiger partial charge in [0.2, 0.25) is 0 Å². The smallest absolute Gasteiger partial charge is 0.0547 e. The molecule has 3 heteroatoms. The maximum atomic E-state index is 6.31. The van der Waals surface area contributed by atoms with Gasteiger partial charge in [0.1, 0.15) is 0 Å². The highest BCUT2D eigenvalue weighted by molar-refractivity contribution is 5.12. The molecule has 0 radical (unpaired) electrons. The van der Waals surface area contributed by atoms with E-state index in [1.54, 1.807) is 0 Å². The van der Waals surface area contributed by atoms with Crippen LogP contribution in [0.5, 0.6) is 0 Å². The van der Waals surface area contributed by atoms with Gasteiger partial charge in [-0.25, -0.2) is 0 Å². The van der Waals surface area contributed by atoms with E-state index < -0.39 is 0 Å². The maximum Gasteiger partial charge on any atom is 0.0547 e. The Morgan fingerprint density at radius 2 is 1.95 bits per heavy atom. The van der Waals surface area contributed by atoms with E-state index in [4.69, 9.17) is 5.73 Å². The third-order valence-electron chi connectivity index (χ3n) is 5.53. The minimum atomic E-state index is 0.103. The number of aryl methyl sites for hydroxylation is 1. The normalized spacial score (nSPS) is 25.2. The lowest BCUT2D eigenvalue weighted by molar-refractivity contribution is -0.0470. The number of hydrogen-bond donors (Lipinski definition) is 1. The van der Waals surface area contributed by atoms with Gasteiger partial charge in [0, 0.05) is 24.3 Å². The Morgan fingerprint density at radius 3 is 2.52 bits per heavy atom. The zero-order valence-electron chi connectivity index (χ0n) is 14.2. The van der Waals surface area contributed by atoms with Crippen LogP contribution in [0.2, 0.25) is 0 Å². The van der Waals surface area contributed by atoms with Gasteiger partial charge >= 0.3 is 0 Å². The molecule has 0 bridgehead atoms. The van der Waals surface area contributed by atoms with Crippen LogP contribution in [0, 0.1) is 12.3 Å². The van der Waals surface area contributed by atoms with Crippen LogP contribution in [-0.4, -0.2) is 28.5 Å². The molecule has 1 atom stereocenters. The third-order valence-corrected chi connectivity index (χ3v) is 5.53. The molecule has 21 heavy (non-hydrogen) atoms. The van der Waals surface area contributed by atoms with Crippen molar-refractivity contribution in [1.82, 2.24) is 9.88 Å². The molecular formula is C18H31N3. The fraction of sp³-hybridized carbons (Fsp3) is 0.722. The second-order valence-corrected chi connectivity index (χ2v) is 7.11. The van der Waals surface area contributed by atoms with E-state index in [1.165, 1.54) is 25.7 Å². The number of likely N-dealkylation sites (N-methyl/N-ethyl adjacent to an activating group) is 1. The molecular weight excluding hydrogens is 258 g/mol. The number of hydrogen-bond acceptors (Lipinski definition) is 3.